The van der Waals surface area contributed by atoms with Crippen molar-refractivity contribution >= 4 is 40.4 Å². The van der Waals surface area contributed by atoms with Crippen LogP contribution in [0, 0.1) is 0 Å². The van der Waals surface area contributed by atoms with Crippen LogP contribution in [0.2, 0.25) is 10.0 Å². The van der Waals surface area contributed by atoms with E-state index >= 15 is 0 Å². The summed E-state index contributed by atoms with van der Waals surface area (Å²) in [5.41, 5.74) is 1.22. The summed E-state index contributed by atoms with van der Waals surface area (Å²) in [5.74, 6) is -0.125. The summed E-state index contributed by atoms with van der Waals surface area (Å²) in [7, 11) is 0. The predicted octanol–water partition coefficient (Wildman–Crippen LogP) is 3.60. The molecule has 2 N–H and O–H groups in total. The summed E-state index contributed by atoms with van der Waals surface area (Å²) in [5, 5.41) is 9.90. The van der Waals surface area contributed by atoms with Crippen molar-refractivity contribution in [3.63, 3.8) is 0 Å². The molecule has 1 aliphatic heterocycles. The Labute approximate surface area is 142 Å². The van der Waals surface area contributed by atoms with E-state index in [-0.39, 0.29) is 11.9 Å². The van der Waals surface area contributed by atoms with E-state index in [1.165, 1.54) is 11.3 Å². The second-order valence-electron chi connectivity index (χ2n) is 5.16. The molecule has 0 atom stereocenters. The fourth-order valence-corrected chi connectivity index (χ4v) is 3.78. The Morgan fingerprint density at radius 3 is 2.82 bits per heavy atom. The monoisotopic (exact) mass is 355 g/mol. The van der Waals surface area contributed by atoms with Gasteiger partial charge in [-0.3, -0.25) is 4.79 Å². The second-order valence-corrected chi connectivity index (χ2v) is 6.86. The van der Waals surface area contributed by atoms with Crippen LogP contribution in [0.4, 0.5) is 0 Å². The molecule has 2 aromatic rings. The van der Waals surface area contributed by atoms with Crippen molar-refractivity contribution in [1.82, 2.24) is 15.6 Å². The van der Waals surface area contributed by atoms with Crippen molar-refractivity contribution in [3.05, 3.63) is 39.3 Å². The van der Waals surface area contributed by atoms with Crippen LogP contribution >= 0.6 is 34.5 Å². The highest BCUT2D eigenvalue weighted by Crippen LogP contribution is 2.32. The summed E-state index contributed by atoms with van der Waals surface area (Å²) in [6, 6.07) is 5.48. The first-order chi connectivity index (χ1) is 10.6. The predicted molar refractivity (Wildman–Crippen MR) is 90.9 cm³/mol. The number of nitrogens with zero attached hydrogens (tertiary/aromatic N) is 1. The molecule has 1 aliphatic rings. The van der Waals surface area contributed by atoms with Gasteiger partial charge in [-0.25, -0.2) is 4.98 Å². The normalized spacial score (nSPS) is 15.7. The van der Waals surface area contributed by atoms with Crippen LogP contribution in [0.3, 0.4) is 0 Å². The number of thiazole rings is 1. The Morgan fingerprint density at radius 2 is 2.09 bits per heavy atom. The lowest BCUT2D eigenvalue weighted by atomic mass is 10.1. The summed E-state index contributed by atoms with van der Waals surface area (Å²) in [4.78, 5) is 16.7. The van der Waals surface area contributed by atoms with Gasteiger partial charge in [0.15, 0.2) is 0 Å². The van der Waals surface area contributed by atoms with E-state index < -0.39 is 0 Å². The van der Waals surface area contributed by atoms with Gasteiger partial charge in [-0.1, -0.05) is 23.2 Å². The van der Waals surface area contributed by atoms with Gasteiger partial charge in [0.05, 0.1) is 5.02 Å². The maximum atomic E-state index is 12.3. The van der Waals surface area contributed by atoms with E-state index in [2.05, 4.69) is 15.6 Å². The molecule has 7 heteroatoms. The van der Waals surface area contributed by atoms with Crippen LogP contribution in [0.25, 0.3) is 10.6 Å². The number of benzene rings is 1. The van der Waals surface area contributed by atoms with Crippen LogP contribution in [0.5, 0.6) is 0 Å². The molecular formula is C15H15Cl2N3OS. The molecule has 22 heavy (non-hydrogen) atoms. The minimum Gasteiger partial charge on any atom is -0.348 e. The van der Waals surface area contributed by atoms with E-state index in [1.807, 2.05) is 6.07 Å². The molecule has 116 valence electrons. The molecule has 0 spiro atoms. The molecule has 1 amide bonds. The lowest BCUT2D eigenvalue weighted by Crippen LogP contribution is -2.42. The number of aromatic nitrogens is 1. The number of amides is 1. The van der Waals surface area contributed by atoms with Gasteiger partial charge >= 0.3 is 0 Å². The maximum absolute atomic E-state index is 12.3. The number of halogens is 2. The summed E-state index contributed by atoms with van der Waals surface area (Å²) in [6.45, 7) is 1.88. The molecular weight excluding hydrogens is 341 g/mol. The number of piperidine rings is 1. The standard InChI is InChI=1S/C15H15Cl2N3OS/c16-9-1-2-11(12(17)7-9)15-20-13(8-22-15)14(21)19-10-3-5-18-6-4-10/h1-2,7-8,10,18H,3-6H2,(H,19,21). The van der Waals surface area contributed by atoms with Gasteiger partial charge in [-0.2, -0.15) is 0 Å². The first-order valence-electron chi connectivity index (χ1n) is 7.06. The minimum atomic E-state index is -0.125. The summed E-state index contributed by atoms with van der Waals surface area (Å²) in [6.07, 6.45) is 1.90. The first kappa shape index (κ1) is 15.7. The highest BCUT2D eigenvalue weighted by Gasteiger charge is 2.19. The third-order valence-corrected chi connectivity index (χ3v) is 5.00. The Kier molecular flexibility index (Phi) is 4.98. The maximum Gasteiger partial charge on any atom is 0.270 e. The van der Waals surface area contributed by atoms with Gasteiger partial charge in [0.25, 0.3) is 5.91 Å². The molecule has 0 aliphatic carbocycles. The lowest BCUT2D eigenvalue weighted by Gasteiger charge is -2.23. The van der Waals surface area contributed by atoms with Crippen LogP contribution in [0.15, 0.2) is 23.6 Å². The highest BCUT2D eigenvalue weighted by molar-refractivity contribution is 7.13. The second kappa shape index (κ2) is 6.96. The molecule has 4 nitrogen and oxygen atoms in total. The third kappa shape index (κ3) is 3.60. The van der Waals surface area contributed by atoms with Crippen LogP contribution in [-0.2, 0) is 0 Å². The quantitative estimate of drug-likeness (QED) is 0.884. The van der Waals surface area contributed by atoms with Crippen molar-refractivity contribution in [2.75, 3.05) is 13.1 Å². The van der Waals surface area contributed by atoms with E-state index in [1.54, 1.807) is 17.5 Å². The Morgan fingerprint density at radius 1 is 1.32 bits per heavy atom. The molecule has 1 fully saturated rings. The largest absolute Gasteiger partial charge is 0.348 e. The number of carbonyl (C=O) groups excluding carboxylic acids is 1. The smallest absolute Gasteiger partial charge is 0.270 e. The van der Waals surface area contributed by atoms with Crippen LogP contribution in [-0.4, -0.2) is 30.0 Å². The molecule has 0 radical (unpaired) electrons. The van der Waals surface area contributed by atoms with E-state index in [9.17, 15) is 4.79 Å². The molecule has 0 bridgehead atoms. The Bertz CT molecular complexity index is 683. The van der Waals surface area contributed by atoms with Crippen molar-refractivity contribution in [3.8, 4) is 10.6 Å². The molecule has 1 aromatic heterocycles. The minimum absolute atomic E-state index is 0.125. The Hall–Kier alpha value is -1.14. The summed E-state index contributed by atoms with van der Waals surface area (Å²) < 4.78 is 0. The van der Waals surface area contributed by atoms with Crippen molar-refractivity contribution < 1.29 is 4.79 Å². The molecule has 1 aromatic carbocycles. The molecule has 2 heterocycles. The lowest BCUT2D eigenvalue weighted by molar-refractivity contribution is 0.0925. The highest BCUT2D eigenvalue weighted by atomic mass is 35.5. The van der Waals surface area contributed by atoms with Gasteiger partial charge in [0.2, 0.25) is 0 Å². The number of nitrogens with one attached hydrogen (secondary N) is 2. The average Bonchev–Trinajstić information content (AvgIpc) is 2.98. The number of hydrogen-bond donors (Lipinski definition) is 2. The zero-order valence-corrected chi connectivity index (χ0v) is 14.1. The van der Waals surface area contributed by atoms with E-state index in [0.29, 0.717) is 15.7 Å². The van der Waals surface area contributed by atoms with Gasteiger partial charge in [0, 0.05) is 22.0 Å². The third-order valence-electron chi connectivity index (χ3n) is 3.57. The zero-order chi connectivity index (χ0) is 15.5. The van der Waals surface area contributed by atoms with Gasteiger partial charge in [-0.05, 0) is 44.1 Å². The zero-order valence-electron chi connectivity index (χ0n) is 11.7. The molecule has 0 unspecified atom stereocenters. The fraction of sp³-hybridized carbons (Fsp3) is 0.333. The van der Waals surface area contributed by atoms with Crippen molar-refractivity contribution in [2.24, 2.45) is 0 Å². The topological polar surface area (TPSA) is 54.0 Å². The molecule has 0 saturated carbocycles. The Balaban J connectivity index is 1.73. The summed E-state index contributed by atoms with van der Waals surface area (Å²) >= 11 is 13.5. The molecule has 3 rings (SSSR count). The van der Waals surface area contributed by atoms with Crippen LogP contribution < -0.4 is 10.6 Å². The van der Waals surface area contributed by atoms with Crippen molar-refractivity contribution in [2.45, 2.75) is 18.9 Å². The fourth-order valence-electron chi connectivity index (χ4n) is 2.39. The van der Waals surface area contributed by atoms with Crippen LogP contribution in [0.1, 0.15) is 23.3 Å². The first-order valence-corrected chi connectivity index (χ1v) is 8.69. The van der Waals surface area contributed by atoms with Crippen molar-refractivity contribution in [1.29, 1.82) is 0 Å². The number of hydrogen-bond acceptors (Lipinski definition) is 4. The van der Waals surface area contributed by atoms with E-state index in [0.717, 1.165) is 36.5 Å². The number of rotatable bonds is 3. The average molecular weight is 356 g/mol. The van der Waals surface area contributed by atoms with Gasteiger partial charge < -0.3 is 10.6 Å². The molecule has 1 saturated heterocycles. The van der Waals surface area contributed by atoms with Gasteiger partial charge in [-0.15, -0.1) is 11.3 Å². The van der Waals surface area contributed by atoms with E-state index in [4.69, 9.17) is 23.2 Å². The number of carbonyl (C=O) groups is 1. The van der Waals surface area contributed by atoms with Gasteiger partial charge in [0.1, 0.15) is 10.7 Å². The SMILES string of the molecule is O=C(NC1CCNCC1)c1csc(-c2ccc(Cl)cc2Cl)n1.